The third kappa shape index (κ3) is 2.96. The number of benzene rings is 1. The lowest BCUT2D eigenvalue weighted by Gasteiger charge is -2.39. The van der Waals surface area contributed by atoms with Crippen LogP contribution in [0.2, 0.25) is 0 Å². The molecule has 1 saturated heterocycles. The Bertz CT molecular complexity index is 405. The van der Waals surface area contributed by atoms with Crippen molar-refractivity contribution in [2.75, 3.05) is 6.61 Å². The third-order valence-electron chi connectivity index (χ3n) is 2.94. The highest BCUT2D eigenvalue weighted by Crippen LogP contribution is 2.25. The van der Waals surface area contributed by atoms with Gasteiger partial charge in [0.25, 0.3) is 0 Å². The minimum atomic E-state index is -1.48. The summed E-state index contributed by atoms with van der Waals surface area (Å²) in [7, 11) is 0. The Balaban J connectivity index is 2.08. The summed E-state index contributed by atoms with van der Waals surface area (Å²) < 4.78 is 10.5. The number of hydrogen-bond donors (Lipinski definition) is 5. The molecule has 1 heterocycles. The molecule has 5 atom stereocenters. The second kappa shape index (κ2) is 5.72. The first kappa shape index (κ1) is 14.0. The van der Waals surface area contributed by atoms with E-state index in [4.69, 9.17) is 19.7 Å². The summed E-state index contributed by atoms with van der Waals surface area (Å²) >= 11 is 0. The molecule has 1 aliphatic heterocycles. The molecule has 1 aromatic rings. The van der Waals surface area contributed by atoms with Crippen molar-refractivity contribution in [1.82, 2.24) is 0 Å². The maximum absolute atomic E-state index is 9.75. The highest BCUT2D eigenvalue weighted by Gasteiger charge is 2.44. The van der Waals surface area contributed by atoms with Crippen molar-refractivity contribution in [2.45, 2.75) is 30.7 Å². The van der Waals surface area contributed by atoms with Gasteiger partial charge < -0.3 is 35.0 Å². The fraction of sp³-hybridized carbons (Fsp3) is 0.500. The predicted octanol–water partition coefficient (Wildman–Crippen LogP) is -1.43. The molecule has 7 nitrogen and oxygen atoms in total. The Morgan fingerprint density at radius 1 is 1.00 bits per heavy atom. The molecule has 1 aliphatic rings. The Labute approximate surface area is 109 Å². The van der Waals surface area contributed by atoms with E-state index in [1.165, 1.54) is 24.3 Å². The summed E-state index contributed by atoms with van der Waals surface area (Å²) in [6, 6.07) is 5.69. The normalized spacial score (nSPS) is 35.1. The second-order valence-electron chi connectivity index (χ2n) is 4.31. The molecular weight excluding hydrogens is 256 g/mol. The van der Waals surface area contributed by atoms with Crippen LogP contribution in [0.1, 0.15) is 0 Å². The lowest BCUT2D eigenvalue weighted by atomic mass is 9.99. The minimum absolute atomic E-state index is 0.0566. The maximum Gasteiger partial charge on any atom is 0.229 e. The van der Waals surface area contributed by atoms with Gasteiger partial charge in [-0.05, 0) is 24.3 Å². The zero-order chi connectivity index (χ0) is 14.0. The lowest BCUT2D eigenvalue weighted by Crippen LogP contribution is -2.60. The van der Waals surface area contributed by atoms with Gasteiger partial charge in [0.2, 0.25) is 6.29 Å². The summed E-state index contributed by atoms with van der Waals surface area (Å²) in [5, 5.41) is 47.1. The molecule has 0 unspecified atom stereocenters. The Morgan fingerprint density at radius 3 is 2.21 bits per heavy atom. The number of ether oxygens (including phenoxy) is 2. The Morgan fingerprint density at radius 2 is 1.63 bits per heavy atom. The van der Waals surface area contributed by atoms with E-state index < -0.39 is 37.3 Å². The summed E-state index contributed by atoms with van der Waals surface area (Å²) in [5.41, 5.74) is 0. The van der Waals surface area contributed by atoms with Gasteiger partial charge in [0.1, 0.15) is 35.9 Å². The van der Waals surface area contributed by atoms with Crippen LogP contribution in [-0.2, 0) is 4.74 Å². The highest BCUT2D eigenvalue weighted by molar-refractivity contribution is 5.30. The number of hydrogen-bond acceptors (Lipinski definition) is 7. The average Bonchev–Trinajstić information content (AvgIpc) is 2.42. The largest absolute Gasteiger partial charge is 0.508 e. The first-order chi connectivity index (χ1) is 9.02. The lowest BCUT2D eigenvalue weighted by molar-refractivity contribution is -0.277. The van der Waals surface area contributed by atoms with Gasteiger partial charge in [-0.15, -0.1) is 0 Å². The molecule has 2 rings (SSSR count). The fourth-order valence-corrected chi connectivity index (χ4v) is 1.82. The van der Waals surface area contributed by atoms with Crippen LogP contribution in [0.4, 0.5) is 0 Å². The molecule has 1 aromatic carbocycles. The van der Waals surface area contributed by atoms with Crippen LogP contribution in [0.5, 0.6) is 11.5 Å². The monoisotopic (exact) mass is 272 g/mol. The number of rotatable bonds is 3. The van der Waals surface area contributed by atoms with Crippen molar-refractivity contribution in [3.05, 3.63) is 24.3 Å². The summed E-state index contributed by atoms with van der Waals surface area (Å²) in [5.74, 6) is 0.364. The number of aliphatic hydroxyl groups excluding tert-OH is 4. The topological polar surface area (TPSA) is 120 Å². The summed E-state index contributed by atoms with van der Waals surface area (Å²) in [4.78, 5) is 0. The van der Waals surface area contributed by atoms with E-state index in [0.29, 0.717) is 5.75 Å². The number of phenols is 1. The molecule has 19 heavy (non-hydrogen) atoms. The van der Waals surface area contributed by atoms with Gasteiger partial charge in [0.15, 0.2) is 0 Å². The smallest absolute Gasteiger partial charge is 0.229 e. The van der Waals surface area contributed by atoms with E-state index in [9.17, 15) is 15.3 Å². The minimum Gasteiger partial charge on any atom is -0.508 e. The first-order valence-electron chi connectivity index (χ1n) is 5.79. The van der Waals surface area contributed by atoms with E-state index >= 15 is 0 Å². The van der Waals surface area contributed by atoms with Crippen molar-refractivity contribution < 1.29 is 35.0 Å². The van der Waals surface area contributed by atoms with E-state index in [1.807, 2.05) is 0 Å². The molecule has 0 aromatic heterocycles. The van der Waals surface area contributed by atoms with E-state index in [1.54, 1.807) is 0 Å². The van der Waals surface area contributed by atoms with E-state index in [-0.39, 0.29) is 5.75 Å². The number of aromatic hydroxyl groups is 1. The van der Waals surface area contributed by atoms with Crippen molar-refractivity contribution in [2.24, 2.45) is 0 Å². The van der Waals surface area contributed by atoms with Gasteiger partial charge in [0, 0.05) is 0 Å². The molecule has 0 amide bonds. The Hall–Kier alpha value is -1.38. The second-order valence-corrected chi connectivity index (χ2v) is 4.31. The zero-order valence-corrected chi connectivity index (χ0v) is 9.96. The van der Waals surface area contributed by atoms with Crippen LogP contribution in [0.15, 0.2) is 24.3 Å². The van der Waals surface area contributed by atoms with E-state index in [0.717, 1.165) is 0 Å². The van der Waals surface area contributed by atoms with Crippen LogP contribution in [-0.4, -0.2) is 62.8 Å². The van der Waals surface area contributed by atoms with Crippen molar-refractivity contribution >= 4 is 0 Å². The standard InChI is InChI=1S/C12H16O7/c13-5-8-9(15)10(16)11(17)12(19-8)18-7-3-1-6(14)2-4-7/h1-4,8-17H,5H2/t8-,9-,10-,11-,12-/m1/s1. The van der Waals surface area contributed by atoms with Gasteiger partial charge in [-0.3, -0.25) is 0 Å². The molecule has 1 fully saturated rings. The zero-order valence-electron chi connectivity index (χ0n) is 9.96. The molecule has 7 heteroatoms. The quantitative estimate of drug-likeness (QED) is 0.457. The van der Waals surface area contributed by atoms with Crippen LogP contribution in [0.3, 0.4) is 0 Å². The molecule has 5 N–H and O–H groups in total. The van der Waals surface area contributed by atoms with Gasteiger partial charge in [0.05, 0.1) is 6.61 Å². The highest BCUT2D eigenvalue weighted by atomic mass is 16.7. The number of aliphatic hydroxyl groups is 4. The third-order valence-corrected chi connectivity index (χ3v) is 2.94. The molecular formula is C12H16O7. The van der Waals surface area contributed by atoms with Gasteiger partial charge in [-0.1, -0.05) is 0 Å². The molecule has 106 valence electrons. The maximum atomic E-state index is 9.75. The van der Waals surface area contributed by atoms with Crippen LogP contribution >= 0.6 is 0 Å². The molecule has 0 aliphatic carbocycles. The van der Waals surface area contributed by atoms with Crippen molar-refractivity contribution in [1.29, 1.82) is 0 Å². The van der Waals surface area contributed by atoms with Crippen LogP contribution in [0, 0.1) is 0 Å². The first-order valence-corrected chi connectivity index (χ1v) is 5.79. The van der Waals surface area contributed by atoms with Crippen LogP contribution in [0.25, 0.3) is 0 Å². The molecule has 0 saturated carbocycles. The number of phenolic OH excluding ortho intramolecular Hbond substituents is 1. The fourth-order valence-electron chi connectivity index (χ4n) is 1.82. The summed E-state index contributed by atoms with van der Waals surface area (Å²) in [6.45, 7) is -0.514. The molecule has 0 bridgehead atoms. The Kier molecular flexibility index (Phi) is 4.23. The predicted molar refractivity (Wildman–Crippen MR) is 62.5 cm³/mol. The SMILES string of the molecule is OC[C@H]1O[C@@H](Oc2ccc(O)cc2)[C@H](O)[C@H](O)[C@@H]1O. The van der Waals surface area contributed by atoms with E-state index in [2.05, 4.69) is 0 Å². The molecule has 0 spiro atoms. The van der Waals surface area contributed by atoms with Crippen LogP contribution < -0.4 is 4.74 Å². The van der Waals surface area contributed by atoms with Gasteiger partial charge >= 0.3 is 0 Å². The molecule has 0 radical (unpaired) electrons. The van der Waals surface area contributed by atoms with Gasteiger partial charge in [-0.25, -0.2) is 0 Å². The van der Waals surface area contributed by atoms with Gasteiger partial charge in [-0.2, -0.15) is 0 Å². The summed E-state index contributed by atoms with van der Waals surface area (Å²) in [6.07, 6.45) is -6.58. The average molecular weight is 272 g/mol. The van der Waals surface area contributed by atoms with Crippen molar-refractivity contribution in [3.63, 3.8) is 0 Å². The van der Waals surface area contributed by atoms with Crippen molar-refractivity contribution in [3.8, 4) is 11.5 Å².